The van der Waals surface area contributed by atoms with Crippen molar-refractivity contribution in [2.24, 2.45) is 9.36 Å². The summed E-state index contributed by atoms with van der Waals surface area (Å²) in [6.07, 6.45) is 6.40. The Morgan fingerprint density at radius 3 is 2.47 bits per heavy atom. The minimum atomic E-state index is -3.09. The fourth-order valence-electron chi connectivity index (χ4n) is 2.78. The van der Waals surface area contributed by atoms with Crippen LogP contribution in [0.2, 0.25) is 0 Å². The third-order valence-corrected chi connectivity index (χ3v) is 7.77. The summed E-state index contributed by atoms with van der Waals surface area (Å²) in [4.78, 5) is 16.5. The molecular formula is C22H30FN3O3S. The first-order chi connectivity index (χ1) is 13.8. The predicted molar refractivity (Wildman–Crippen MR) is 118 cm³/mol. The van der Waals surface area contributed by atoms with E-state index < -0.39 is 32.0 Å². The van der Waals surface area contributed by atoms with Crippen LogP contribution in [0.1, 0.15) is 58.6 Å². The average molecular weight is 436 g/mol. The third kappa shape index (κ3) is 5.82. The Kier molecular flexibility index (Phi) is 6.97. The molecule has 1 amide bonds. The fraction of sp³-hybridized carbons (Fsp3) is 0.545. The quantitative estimate of drug-likeness (QED) is 0.426. The van der Waals surface area contributed by atoms with Gasteiger partial charge in [-0.25, -0.2) is 17.8 Å². The van der Waals surface area contributed by atoms with E-state index in [2.05, 4.69) is 20.6 Å². The Morgan fingerprint density at radius 1 is 1.33 bits per heavy atom. The van der Waals surface area contributed by atoms with Gasteiger partial charge in [0.25, 0.3) is 0 Å². The Bertz CT molecular complexity index is 1010. The predicted octanol–water partition coefficient (Wildman–Crippen LogP) is 4.27. The van der Waals surface area contributed by atoms with E-state index in [1.807, 2.05) is 0 Å². The second-order valence-corrected chi connectivity index (χ2v) is 11.6. The molecule has 1 saturated carbocycles. The smallest absolute Gasteiger partial charge is 0.413 e. The van der Waals surface area contributed by atoms with Gasteiger partial charge >= 0.3 is 6.09 Å². The van der Waals surface area contributed by atoms with Crippen LogP contribution in [-0.2, 0) is 20.2 Å². The van der Waals surface area contributed by atoms with Crippen LogP contribution < -0.4 is 5.32 Å². The summed E-state index contributed by atoms with van der Waals surface area (Å²) in [7, 11) is -1.60. The number of ether oxygens (including phenoxy) is 1. The first-order valence-corrected chi connectivity index (χ1v) is 11.5. The molecule has 1 aromatic carbocycles. The molecule has 1 aliphatic rings. The van der Waals surface area contributed by atoms with E-state index >= 15 is 0 Å². The molecule has 1 fully saturated rings. The van der Waals surface area contributed by atoms with Gasteiger partial charge in [0.1, 0.15) is 22.0 Å². The zero-order valence-corrected chi connectivity index (χ0v) is 19.2. The average Bonchev–Trinajstić information content (AvgIpc) is 3.43. The lowest BCUT2D eigenvalue weighted by atomic mass is 10.1. The molecule has 164 valence electrons. The zero-order chi connectivity index (χ0) is 22.7. The molecule has 1 atom stereocenters. The summed E-state index contributed by atoms with van der Waals surface area (Å²) in [5.41, 5.74) is 0.0142. The van der Waals surface area contributed by atoms with Crippen LogP contribution in [0.4, 0.5) is 9.18 Å². The van der Waals surface area contributed by atoms with Crippen molar-refractivity contribution in [3.05, 3.63) is 35.1 Å². The molecule has 1 N–H and O–H groups in total. The molecule has 0 spiro atoms. The Morgan fingerprint density at radius 2 is 1.97 bits per heavy atom. The van der Waals surface area contributed by atoms with Crippen LogP contribution >= 0.6 is 0 Å². The number of rotatable bonds is 5. The maximum absolute atomic E-state index is 14.5. The number of hydrogen-bond acceptors (Lipinski definition) is 5. The number of hydrogen-bond donors (Lipinski definition) is 1. The topological polar surface area (TPSA) is 80.1 Å². The van der Waals surface area contributed by atoms with Crippen LogP contribution in [0.25, 0.3) is 0 Å². The zero-order valence-electron chi connectivity index (χ0n) is 18.4. The number of aliphatic imine (C=N–C) groups is 1. The van der Waals surface area contributed by atoms with E-state index in [4.69, 9.17) is 11.2 Å². The van der Waals surface area contributed by atoms with Crippen LogP contribution in [0.15, 0.2) is 27.6 Å². The van der Waals surface area contributed by atoms with E-state index in [0.29, 0.717) is 5.56 Å². The van der Waals surface area contributed by atoms with Crippen molar-refractivity contribution in [3.8, 4) is 12.3 Å². The number of carbonyl (C=O) groups excluding carboxylic acids is 1. The summed E-state index contributed by atoms with van der Waals surface area (Å²) < 4.78 is 37.4. The summed E-state index contributed by atoms with van der Waals surface area (Å²) >= 11 is 0. The van der Waals surface area contributed by atoms with Crippen molar-refractivity contribution in [1.82, 2.24) is 5.32 Å². The highest BCUT2D eigenvalue weighted by atomic mass is 32.2. The van der Waals surface area contributed by atoms with Crippen LogP contribution in [0, 0.1) is 18.2 Å². The van der Waals surface area contributed by atoms with Crippen molar-refractivity contribution in [2.45, 2.75) is 69.6 Å². The monoisotopic (exact) mass is 435 g/mol. The van der Waals surface area contributed by atoms with E-state index in [-0.39, 0.29) is 23.2 Å². The molecule has 0 aromatic heterocycles. The molecule has 0 saturated heterocycles. The van der Waals surface area contributed by atoms with Crippen LogP contribution in [-0.4, -0.2) is 39.6 Å². The molecule has 0 bridgehead atoms. The van der Waals surface area contributed by atoms with Crippen molar-refractivity contribution in [1.29, 1.82) is 0 Å². The van der Waals surface area contributed by atoms with E-state index in [1.54, 1.807) is 34.6 Å². The number of terminal acetylenes is 1. The van der Waals surface area contributed by atoms with Gasteiger partial charge in [0, 0.05) is 18.2 Å². The molecule has 30 heavy (non-hydrogen) atoms. The molecule has 1 unspecified atom stereocenters. The Labute approximate surface area is 178 Å². The molecule has 6 nitrogen and oxygen atoms in total. The van der Waals surface area contributed by atoms with Gasteiger partial charge in [-0.05, 0) is 65.7 Å². The molecule has 1 aromatic rings. The van der Waals surface area contributed by atoms with Gasteiger partial charge in [-0.3, -0.25) is 10.3 Å². The molecule has 8 heteroatoms. The Balaban J connectivity index is 2.45. The summed E-state index contributed by atoms with van der Waals surface area (Å²) in [5.74, 6) is 1.99. The third-order valence-electron chi connectivity index (χ3n) is 4.64. The van der Waals surface area contributed by atoms with Gasteiger partial charge < -0.3 is 4.74 Å². The SMILES string of the molecule is C#Cc1ccc(F)c(CS(=O)(=NC2CC2)C(C)(C)/C(=N\C)NC(=O)OC(C)(C)C)c1. The van der Waals surface area contributed by atoms with E-state index in [1.165, 1.54) is 25.2 Å². The summed E-state index contributed by atoms with van der Waals surface area (Å²) in [6, 6.07) is 4.22. The molecule has 2 rings (SSSR count). The van der Waals surface area contributed by atoms with Gasteiger partial charge in [0.05, 0.1) is 21.5 Å². The van der Waals surface area contributed by atoms with Crippen LogP contribution in [0.5, 0.6) is 0 Å². The number of nitrogens with one attached hydrogen (secondary N) is 1. The number of alkyl carbamates (subject to hydrolysis) is 1. The van der Waals surface area contributed by atoms with Gasteiger partial charge in [0.2, 0.25) is 0 Å². The standard InChI is InChI=1S/C22H30FN3O3S/c1-8-15-9-12-18(23)16(13-15)14-30(28,26-17-10-11-17)22(5,6)19(24-7)25-20(27)29-21(2,3)4/h1,9,12-13,17H,10-11,14H2,2-7H3,(H,24,25,27). The molecule has 0 heterocycles. The van der Waals surface area contributed by atoms with Gasteiger partial charge in [-0.1, -0.05) is 5.92 Å². The molecule has 0 radical (unpaired) electrons. The second-order valence-electron chi connectivity index (χ2n) is 8.78. The van der Waals surface area contributed by atoms with Crippen molar-refractivity contribution in [2.75, 3.05) is 7.05 Å². The summed E-state index contributed by atoms with van der Waals surface area (Å²) in [5, 5.41) is 2.61. The molecule has 0 aliphatic heterocycles. The normalized spacial score (nSPS) is 16.9. The maximum Gasteiger partial charge on any atom is 0.413 e. The molecule has 1 aliphatic carbocycles. The lowest BCUT2D eigenvalue weighted by Crippen LogP contribution is -2.51. The lowest BCUT2D eigenvalue weighted by molar-refractivity contribution is 0.0561. The fourth-order valence-corrected chi connectivity index (χ4v) is 5.26. The van der Waals surface area contributed by atoms with Gasteiger partial charge in [-0.15, -0.1) is 6.42 Å². The first kappa shape index (κ1) is 23.9. The number of benzene rings is 1. The first-order valence-electron chi connectivity index (χ1n) is 9.77. The summed E-state index contributed by atoms with van der Waals surface area (Å²) in [6.45, 7) is 8.60. The highest BCUT2D eigenvalue weighted by Crippen LogP contribution is 2.33. The van der Waals surface area contributed by atoms with E-state index in [0.717, 1.165) is 12.8 Å². The van der Waals surface area contributed by atoms with E-state index in [9.17, 15) is 13.4 Å². The number of amides is 1. The second kappa shape index (κ2) is 8.76. The van der Waals surface area contributed by atoms with Crippen molar-refractivity contribution in [3.63, 3.8) is 0 Å². The van der Waals surface area contributed by atoms with Gasteiger partial charge in [0.15, 0.2) is 0 Å². The highest BCUT2D eigenvalue weighted by molar-refractivity contribution is 7.95. The largest absolute Gasteiger partial charge is 0.444 e. The lowest BCUT2D eigenvalue weighted by Gasteiger charge is -2.31. The Hall–Kier alpha value is -2.40. The van der Waals surface area contributed by atoms with Crippen molar-refractivity contribution < 1.29 is 18.1 Å². The minimum absolute atomic E-state index is 0.0460. The number of carbonyl (C=O) groups is 1. The number of amidine groups is 1. The minimum Gasteiger partial charge on any atom is -0.444 e. The van der Waals surface area contributed by atoms with Crippen LogP contribution in [0.3, 0.4) is 0 Å². The highest BCUT2D eigenvalue weighted by Gasteiger charge is 2.41. The molecular weight excluding hydrogens is 405 g/mol. The number of nitrogens with zero attached hydrogens (tertiary/aromatic N) is 2. The maximum atomic E-state index is 14.5. The van der Waals surface area contributed by atoms with Gasteiger partial charge in [-0.2, -0.15) is 0 Å². The van der Waals surface area contributed by atoms with Crippen molar-refractivity contribution >= 4 is 21.7 Å². The number of halogens is 1.